The highest BCUT2D eigenvalue weighted by molar-refractivity contribution is 6.79. The molecule has 0 aliphatic heterocycles. The van der Waals surface area contributed by atoms with Crippen LogP contribution >= 0.6 is 0 Å². The van der Waals surface area contributed by atoms with Crippen molar-refractivity contribution < 1.29 is 36.4 Å². The molecular formula is C12H12F2O6Si. The summed E-state index contributed by atoms with van der Waals surface area (Å²) < 4.78 is 41.2. The maximum atomic E-state index is 13.3. The van der Waals surface area contributed by atoms with Crippen LogP contribution in [0.25, 0.3) is 0 Å². The average Bonchev–Trinajstić information content (AvgIpc) is 2.24. The summed E-state index contributed by atoms with van der Waals surface area (Å²) in [4.78, 5) is 33.6. The normalized spacial score (nSPS) is 10.7. The quantitative estimate of drug-likeness (QED) is 0.764. The van der Waals surface area contributed by atoms with Gasteiger partial charge in [0.2, 0.25) is 0 Å². The van der Waals surface area contributed by atoms with Gasteiger partial charge in [0.25, 0.3) is 17.9 Å². The van der Waals surface area contributed by atoms with Crippen LogP contribution in [0.5, 0.6) is 0 Å². The van der Waals surface area contributed by atoms with E-state index in [-0.39, 0.29) is 5.19 Å². The van der Waals surface area contributed by atoms with Crippen molar-refractivity contribution in [1.29, 1.82) is 0 Å². The van der Waals surface area contributed by atoms with Crippen molar-refractivity contribution in [2.75, 3.05) is 0 Å². The molecule has 0 saturated heterocycles. The van der Waals surface area contributed by atoms with Gasteiger partial charge in [-0.05, 0) is 12.1 Å². The summed E-state index contributed by atoms with van der Waals surface area (Å²) in [6, 6.07) is 2.10. The largest absolute Gasteiger partial charge is 0.743 e. The zero-order valence-corrected chi connectivity index (χ0v) is 12.4. The summed E-state index contributed by atoms with van der Waals surface area (Å²) in [5, 5.41) is -0.361. The van der Waals surface area contributed by atoms with Crippen LogP contribution in [-0.4, -0.2) is 26.7 Å². The van der Waals surface area contributed by atoms with E-state index in [1.54, 1.807) is 0 Å². The third-order valence-corrected chi connectivity index (χ3v) is 4.71. The first kappa shape index (κ1) is 16.8. The molecule has 0 aliphatic rings. The average molecular weight is 318 g/mol. The van der Waals surface area contributed by atoms with Crippen molar-refractivity contribution in [2.45, 2.75) is 20.8 Å². The Morgan fingerprint density at radius 2 is 1.14 bits per heavy atom. The van der Waals surface area contributed by atoms with Crippen molar-refractivity contribution in [3.8, 4) is 0 Å². The predicted octanol–water partition coefficient (Wildman–Crippen LogP) is 0.800. The van der Waals surface area contributed by atoms with Crippen LogP contribution < -0.4 is 5.19 Å². The molecular weight excluding hydrogens is 306 g/mol. The Kier molecular flexibility index (Phi) is 5.14. The van der Waals surface area contributed by atoms with Gasteiger partial charge in [-0.2, -0.15) is 0 Å². The molecule has 0 aromatic heterocycles. The minimum atomic E-state index is -4.45. The Labute approximate surface area is 120 Å². The van der Waals surface area contributed by atoms with Crippen LogP contribution in [0.1, 0.15) is 20.8 Å². The van der Waals surface area contributed by atoms with Crippen molar-refractivity contribution >= 4 is 31.9 Å². The molecule has 0 unspecified atom stereocenters. The number of hydrogen-bond donors (Lipinski definition) is 0. The molecule has 0 bridgehead atoms. The molecule has 114 valence electrons. The number of carbonyl (C=O) groups excluding carboxylic acids is 3. The lowest BCUT2D eigenvalue weighted by molar-refractivity contribution is -0.146. The maximum absolute atomic E-state index is 13.3. The number of rotatable bonds is 4. The standard InChI is InChI=1S/C12H12F2O6Si/c1-7(15)18-21(19-8(2)16,20-9(3)17)12-5-10(13)4-11(14)6-12/h4-6H,1-3H3. The number of halogens is 2. The third-order valence-electron chi connectivity index (χ3n) is 2.05. The second kappa shape index (κ2) is 6.44. The minimum absolute atomic E-state index is 0.361. The Hall–Kier alpha value is -2.29. The van der Waals surface area contributed by atoms with Gasteiger partial charge in [-0.3, -0.25) is 14.4 Å². The number of benzene rings is 1. The topological polar surface area (TPSA) is 78.9 Å². The molecule has 6 nitrogen and oxygen atoms in total. The molecule has 0 spiro atoms. The Morgan fingerprint density at radius 3 is 1.43 bits per heavy atom. The van der Waals surface area contributed by atoms with Gasteiger partial charge >= 0.3 is 8.80 Å². The number of hydrogen-bond acceptors (Lipinski definition) is 6. The number of carbonyl (C=O) groups is 3. The minimum Gasteiger partial charge on any atom is -0.452 e. The highest BCUT2D eigenvalue weighted by Gasteiger charge is 2.55. The molecule has 0 N–H and O–H groups in total. The molecule has 21 heavy (non-hydrogen) atoms. The lowest BCUT2D eigenvalue weighted by Crippen LogP contribution is -2.59. The second-order valence-corrected chi connectivity index (χ2v) is 6.30. The van der Waals surface area contributed by atoms with E-state index < -0.39 is 38.3 Å². The van der Waals surface area contributed by atoms with E-state index in [9.17, 15) is 23.2 Å². The van der Waals surface area contributed by atoms with Gasteiger partial charge in [0.15, 0.2) is 0 Å². The monoisotopic (exact) mass is 318 g/mol. The summed E-state index contributed by atoms with van der Waals surface area (Å²) >= 11 is 0. The van der Waals surface area contributed by atoms with Gasteiger partial charge in [-0.15, -0.1) is 0 Å². The van der Waals surface area contributed by atoms with E-state index in [1.165, 1.54) is 0 Å². The van der Waals surface area contributed by atoms with Crippen molar-refractivity contribution in [3.63, 3.8) is 0 Å². The molecule has 1 aromatic carbocycles. The van der Waals surface area contributed by atoms with Gasteiger partial charge in [-0.25, -0.2) is 8.78 Å². The van der Waals surface area contributed by atoms with Crippen LogP contribution in [0.2, 0.25) is 0 Å². The molecule has 0 heterocycles. The van der Waals surface area contributed by atoms with Gasteiger partial charge in [0.05, 0.1) is 5.19 Å². The first-order chi connectivity index (χ1) is 9.64. The van der Waals surface area contributed by atoms with Gasteiger partial charge in [-0.1, -0.05) is 0 Å². The van der Waals surface area contributed by atoms with E-state index in [1.807, 2.05) is 0 Å². The SMILES string of the molecule is CC(=O)O[Si](OC(C)=O)(OC(C)=O)c1cc(F)cc(F)c1. The smallest absolute Gasteiger partial charge is 0.452 e. The van der Waals surface area contributed by atoms with Crippen LogP contribution in [0, 0.1) is 11.6 Å². The highest BCUT2D eigenvalue weighted by Crippen LogP contribution is 2.14. The summed E-state index contributed by atoms with van der Waals surface area (Å²) in [5.74, 6) is -4.82. The van der Waals surface area contributed by atoms with Gasteiger partial charge < -0.3 is 13.3 Å². The Balaban J connectivity index is 3.46. The molecule has 9 heteroatoms. The fourth-order valence-electron chi connectivity index (χ4n) is 1.54. The molecule has 0 fully saturated rings. The molecule has 0 radical (unpaired) electrons. The van der Waals surface area contributed by atoms with Crippen LogP contribution in [-0.2, 0) is 27.7 Å². The van der Waals surface area contributed by atoms with E-state index in [4.69, 9.17) is 13.3 Å². The van der Waals surface area contributed by atoms with Gasteiger partial charge in [0, 0.05) is 26.8 Å². The second-order valence-electron chi connectivity index (χ2n) is 4.00. The summed E-state index contributed by atoms with van der Waals surface area (Å²) in [6.07, 6.45) is 0. The van der Waals surface area contributed by atoms with Crippen molar-refractivity contribution in [3.05, 3.63) is 29.8 Å². The fraction of sp³-hybridized carbons (Fsp3) is 0.250. The first-order valence-corrected chi connectivity index (χ1v) is 7.42. The van der Waals surface area contributed by atoms with E-state index in [0.29, 0.717) is 6.07 Å². The van der Waals surface area contributed by atoms with Crippen LogP contribution in [0.3, 0.4) is 0 Å². The molecule has 0 amide bonds. The summed E-state index contributed by atoms with van der Waals surface area (Å²) in [6.45, 7) is 2.93. The highest BCUT2D eigenvalue weighted by atomic mass is 28.4. The Morgan fingerprint density at radius 1 is 0.810 bits per heavy atom. The van der Waals surface area contributed by atoms with Crippen molar-refractivity contribution in [1.82, 2.24) is 0 Å². The first-order valence-electron chi connectivity index (χ1n) is 5.70. The fourth-order valence-corrected chi connectivity index (χ4v) is 3.78. The predicted molar refractivity (Wildman–Crippen MR) is 67.0 cm³/mol. The van der Waals surface area contributed by atoms with E-state index in [0.717, 1.165) is 32.9 Å². The van der Waals surface area contributed by atoms with Gasteiger partial charge in [0.1, 0.15) is 11.6 Å². The van der Waals surface area contributed by atoms with E-state index in [2.05, 4.69) is 0 Å². The van der Waals surface area contributed by atoms with Crippen LogP contribution in [0.4, 0.5) is 8.78 Å². The molecule has 0 atom stereocenters. The molecule has 1 aromatic rings. The lowest BCUT2D eigenvalue weighted by atomic mass is 10.3. The van der Waals surface area contributed by atoms with Crippen molar-refractivity contribution in [2.24, 2.45) is 0 Å². The molecule has 0 saturated carbocycles. The zero-order chi connectivity index (χ0) is 16.2. The molecule has 0 aliphatic carbocycles. The van der Waals surface area contributed by atoms with E-state index >= 15 is 0 Å². The maximum Gasteiger partial charge on any atom is 0.743 e. The lowest BCUT2D eigenvalue weighted by Gasteiger charge is -2.26. The van der Waals surface area contributed by atoms with Crippen LogP contribution in [0.15, 0.2) is 18.2 Å². The Bertz CT molecular complexity index is 528. The molecule has 1 rings (SSSR count). The summed E-state index contributed by atoms with van der Waals surface area (Å²) in [5.41, 5.74) is 0. The zero-order valence-electron chi connectivity index (χ0n) is 11.4. The third kappa shape index (κ3) is 4.63. The summed E-state index contributed by atoms with van der Waals surface area (Å²) in [7, 11) is -4.45.